The molecule has 0 unspecified atom stereocenters. The van der Waals surface area contributed by atoms with Gasteiger partial charge in [-0.15, -0.1) is 0 Å². The second-order valence-electron chi connectivity index (χ2n) is 6.15. The van der Waals surface area contributed by atoms with Crippen molar-refractivity contribution in [3.8, 4) is 0 Å². The first-order valence-corrected chi connectivity index (χ1v) is 8.39. The lowest BCUT2D eigenvalue weighted by Crippen LogP contribution is -2.31. The number of carbonyl (C=O) groups is 2. The molecule has 1 aliphatic heterocycles. The second-order valence-corrected chi connectivity index (χ2v) is 6.58. The number of Topliss-reactive ketones (excluding diaryl/α,β-unsaturated/α-hetero) is 1. The van der Waals surface area contributed by atoms with Crippen LogP contribution in [0.4, 0.5) is 5.69 Å². The van der Waals surface area contributed by atoms with Crippen molar-refractivity contribution >= 4 is 29.0 Å². The molecule has 24 heavy (non-hydrogen) atoms. The molecule has 2 aromatic rings. The minimum absolute atomic E-state index is 0.0558. The van der Waals surface area contributed by atoms with E-state index in [4.69, 9.17) is 11.6 Å². The Bertz CT molecular complexity index is 739. The second kappa shape index (κ2) is 7.09. The average molecular weight is 346 g/mol. The van der Waals surface area contributed by atoms with Gasteiger partial charge in [-0.25, -0.2) is 0 Å². The zero-order valence-electron chi connectivity index (χ0n) is 13.5. The maximum absolute atomic E-state index is 12.1. The molecule has 3 rings (SSSR count). The van der Waals surface area contributed by atoms with Crippen LogP contribution in [0.15, 0.2) is 36.5 Å². The molecule has 1 aromatic carbocycles. The topological polar surface area (TPSA) is 65.2 Å². The van der Waals surface area contributed by atoms with Gasteiger partial charge in [0.15, 0.2) is 5.78 Å². The maximum Gasteiger partial charge on any atom is 0.267 e. The minimum atomic E-state index is -0.174. The third-order valence-electron chi connectivity index (χ3n) is 4.36. The quantitative estimate of drug-likeness (QED) is 0.818. The molecule has 0 saturated carbocycles. The molecule has 6 heteroatoms. The van der Waals surface area contributed by atoms with Crippen LogP contribution < -0.4 is 10.2 Å². The predicted octanol–water partition coefficient (Wildman–Crippen LogP) is 3.13. The van der Waals surface area contributed by atoms with E-state index < -0.39 is 0 Å². The van der Waals surface area contributed by atoms with Gasteiger partial charge < -0.3 is 15.2 Å². The zero-order valence-corrected chi connectivity index (χ0v) is 14.3. The van der Waals surface area contributed by atoms with Crippen molar-refractivity contribution in [1.82, 2.24) is 10.3 Å². The third kappa shape index (κ3) is 3.79. The van der Waals surface area contributed by atoms with Crippen LogP contribution in [0, 0.1) is 5.92 Å². The SMILES string of the molecule is CC(=O)c1c[nH]c(C(=O)NC[C@H]2CCN(c3ccc(Cl)cc3)C2)c1. The number of nitrogens with one attached hydrogen (secondary N) is 2. The van der Waals surface area contributed by atoms with Gasteiger partial charge in [-0.2, -0.15) is 0 Å². The van der Waals surface area contributed by atoms with Crippen LogP contribution in [0.25, 0.3) is 0 Å². The number of carbonyl (C=O) groups excluding carboxylic acids is 2. The minimum Gasteiger partial charge on any atom is -0.371 e. The Morgan fingerprint density at radius 1 is 1.33 bits per heavy atom. The fraction of sp³-hybridized carbons (Fsp3) is 0.333. The number of hydrogen-bond acceptors (Lipinski definition) is 3. The normalized spacial score (nSPS) is 17.1. The number of nitrogens with zero attached hydrogens (tertiary/aromatic N) is 1. The zero-order chi connectivity index (χ0) is 17.1. The number of H-pyrrole nitrogens is 1. The highest BCUT2D eigenvalue weighted by Crippen LogP contribution is 2.24. The number of aromatic nitrogens is 1. The fourth-order valence-electron chi connectivity index (χ4n) is 2.95. The number of rotatable bonds is 5. The molecule has 126 valence electrons. The highest BCUT2D eigenvalue weighted by atomic mass is 35.5. The first-order valence-electron chi connectivity index (χ1n) is 8.01. The predicted molar refractivity (Wildman–Crippen MR) is 94.9 cm³/mol. The summed E-state index contributed by atoms with van der Waals surface area (Å²) in [5.74, 6) is 0.180. The Morgan fingerprint density at radius 3 is 2.75 bits per heavy atom. The third-order valence-corrected chi connectivity index (χ3v) is 4.62. The molecule has 5 nitrogen and oxygen atoms in total. The molecule has 0 bridgehead atoms. The van der Waals surface area contributed by atoms with E-state index in [1.807, 2.05) is 24.3 Å². The lowest BCUT2D eigenvalue weighted by molar-refractivity contribution is 0.0943. The van der Waals surface area contributed by atoms with Gasteiger partial charge in [0, 0.05) is 42.1 Å². The van der Waals surface area contributed by atoms with Gasteiger partial charge in [0.25, 0.3) is 5.91 Å². The van der Waals surface area contributed by atoms with Gasteiger partial charge in [-0.1, -0.05) is 11.6 Å². The van der Waals surface area contributed by atoms with E-state index >= 15 is 0 Å². The van der Waals surface area contributed by atoms with Crippen LogP contribution in [-0.4, -0.2) is 36.3 Å². The van der Waals surface area contributed by atoms with E-state index in [1.54, 1.807) is 12.3 Å². The van der Waals surface area contributed by atoms with E-state index in [2.05, 4.69) is 15.2 Å². The molecular weight excluding hydrogens is 326 g/mol. The van der Waals surface area contributed by atoms with Crippen LogP contribution >= 0.6 is 11.6 Å². The molecule has 1 saturated heterocycles. The summed E-state index contributed by atoms with van der Waals surface area (Å²) < 4.78 is 0. The molecule has 1 fully saturated rings. The summed E-state index contributed by atoms with van der Waals surface area (Å²) in [6.45, 7) is 3.98. The Hall–Kier alpha value is -2.27. The summed E-state index contributed by atoms with van der Waals surface area (Å²) in [4.78, 5) is 28.6. The summed E-state index contributed by atoms with van der Waals surface area (Å²) in [5, 5.41) is 3.68. The maximum atomic E-state index is 12.1. The van der Waals surface area contributed by atoms with Gasteiger partial charge in [0.05, 0.1) is 0 Å². The standard InChI is InChI=1S/C18H20ClN3O2/c1-12(23)14-8-17(20-10-14)18(24)21-9-13-6-7-22(11-13)16-4-2-15(19)3-5-16/h2-5,8,10,13,20H,6-7,9,11H2,1H3,(H,21,24)/t13-/m1/s1. The van der Waals surface area contributed by atoms with Crippen LogP contribution in [0.3, 0.4) is 0 Å². The molecule has 1 atom stereocenters. The molecule has 2 N–H and O–H groups in total. The molecule has 0 radical (unpaired) electrons. The van der Waals surface area contributed by atoms with Gasteiger partial charge in [-0.05, 0) is 49.6 Å². The molecular formula is C18H20ClN3O2. The monoisotopic (exact) mass is 345 g/mol. The Kier molecular flexibility index (Phi) is 4.90. The molecule has 0 spiro atoms. The number of amides is 1. The van der Waals surface area contributed by atoms with Crippen LogP contribution in [0.1, 0.15) is 34.2 Å². The molecule has 1 aromatic heterocycles. The number of aromatic amines is 1. The fourth-order valence-corrected chi connectivity index (χ4v) is 3.07. The summed E-state index contributed by atoms with van der Waals surface area (Å²) >= 11 is 5.92. The van der Waals surface area contributed by atoms with Crippen LogP contribution in [0.5, 0.6) is 0 Å². The largest absolute Gasteiger partial charge is 0.371 e. The van der Waals surface area contributed by atoms with Crippen molar-refractivity contribution in [1.29, 1.82) is 0 Å². The van der Waals surface area contributed by atoms with Crippen molar-refractivity contribution < 1.29 is 9.59 Å². The van der Waals surface area contributed by atoms with E-state index in [0.717, 1.165) is 30.2 Å². The summed E-state index contributed by atoms with van der Waals surface area (Å²) in [6, 6.07) is 9.41. The number of anilines is 1. The summed E-state index contributed by atoms with van der Waals surface area (Å²) in [5.41, 5.74) is 2.10. The van der Waals surface area contributed by atoms with Crippen molar-refractivity contribution in [2.45, 2.75) is 13.3 Å². The molecule has 0 aliphatic carbocycles. The lowest BCUT2D eigenvalue weighted by Gasteiger charge is -2.19. The van der Waals surface area contributed by atoms with E-state index in [0.29, 0.717) is 23.7 Å². The number of ketones is 1. The van der Waals surface area contributed by atoms with Crippen molar-refractivity contribution in [3.05, 3.63) is 52.8 Å². The summed E-state index contributed by atoms with van der Waals surface area (Å²) in [6.07, 6.45) is 2.60. The molecule has 1 aliphatic rings. The van der Waals surface area contributed by atoms with E-state index in [9.17, 15) is 9.59 Å². The smallest absolute Gasteiger partial charge is 0.267 e. The average Bonchev–Trinajstić information content (AvgIpc) is 3.23. The van der Waals surface area contributed by atoms with Crippen molar-refractivity contribution in [3.63, 3.8) is 0 Å². The van der Waals surface area contributed by atoms with Gasteiger partial charge >= 0.3 is 0 Å². The van der Waals surface area contributed by atoms with E-state index in [-0.39, 0.29) is 11.7 Å². The lowest BCUT2D eigenvalue weighted by atomic mass is 10.1. The van der Waals surface area contributed by atoms with Crippen LogP contribution in [0.2, 0.25) is 5.02 Å². The molecule has 1 amide bonds. The first kappa shape index (κ1) is 16.6. The van der Waals surface area contributed by atoms with Gasteiger partial charge in [0.2, 0.25) is 0 Å². The van der Waals surface area contributed by atoms with E-state index in [1.165, 1.54) is 6.92 Å². The Labute approximate surface area is 146 Å². The number of halogens is 1. The van der Waals surface area contributed by atoms with Crippen molar-refractivity contribution in [2.75, 3.05) is 24.5 Å². The van der Waals surface area contributed by atoms with Gasteiger partial charge in [0.1, 0.15) is 5.69 Å². The number of benzene rings is 1. The summed E-state index contributed by atoms with van der Waals surface area (Å²) in [7, 11) is 0. The Morgan fingerprint density at radius 2 is 2.08 bits per heavy atom. The highest BCUT2D eigenvalue weighted by Gasteiger charge is 2.23. The van der Waals surface area contributed by atoms with Crippen molar-refractivity contribution in [2.24, 2.45) is 5.92 Å². The van der Waals surface area contributed by atoms with Gasteiger partial charge in [-0.3, -0.25) is 9.59 Å². The Balaban J connectivity index is 1.51. The highest BCUT2D eigenvalue weighted by molar-refractivity contribution is 6.30. The number of hydrogen-bond donors (Lipinski definition) is 2. The van der Waals surface area contributed by atoms with Crippen LogP contribution in [-0.2, 0) is 0 Å². The molecule has 2 heterocycles. The first-order chi connectivity index (χ1) is 11.5.